The molecule has 5 heteroatoms. The second kappa shape index (κ2) is 10.6. The van der Waals surface area contributed by atoms with Crippen LogP contribution in [0.4, 0.5) is 0 Å². The summed E-state index contributed by atoms with van der Waals surface area (Å²) >= 11 is 1.79. The minimum Gasteiger partial charge on any atom is -0.309 e. The first-order chi connectivity index (χ1) is 20.1. The summed E-state index contributed by atoms with van der Waals surface area (Å²) in [5.74, 6) is 0. The number of benzene rings is 5. The van der Waals surface area contributed by atoms with Gasteiger partial charge in [-0.15, -0.1) is 11.3 Å². The largest absolute Gasteiger partial charge is 0.309 e. The molecule has 0 spiro atoms. The summed E-state index contributed by atoms with van der Waals surface area (Å²) in [6.45, 7) is 0. The molecule has 200 valence electrons. The van der Waals surface area contributed by atoms with Crippen molar-refractivity contribution in [2.45, 2.75) is 12.8 Å². The Morgan fingerprint density at radius 1 is 0.488 bits per heavy atom. The highest BCUT2D eigenvalue weighted by Gasteiger charge is 2.35. The third kappa shape index (κ3) is 4.41. The van der Waals surface area contributed by atoms with Crippen LogP contribution in [0.1, 0.15) is 16.9 Å². The molecule has 0 saturated heterocycles. The van der Waals surface area contributed by atoms with E-state index in [1.165, 1.54) is 4.88 Å². The number of allylic oxidation sites excluding steroid dienone is 1. The van der Waals surface area contributed by atoms with Crippen molar-refractivity contribution in [1.82, 2.24) is 0 Å². The quantitative estimate of drug-likeness (QED) is 0.186. The van der Waals surface area contributed by atoms with Gasteiger partial charge in [0.15, 0.2) is 14.3 Å². The molecule has 1 heterocycles. The molecule has 1 aliphatic carbocycles. The van der Waals surface area contributed by atoms with E-state index >= 15 is 9.13 Å². The zero-order valence-electron chi connectivity index (χ0n) is 22.4. The van der Waals surface area contributed by atoms with E-state index in [-0.39, 0.29) is 0 Å². The fourth-order valence-electron chi connectivity index (χ4n) is 5.90. The normalized spacial score (nSPS) is 13.5. The summed E-state index contributed by atoms with van der Waals surface area (Å²) in [6, 6.07) is 45.7. The summed E-state index contributed by atoms with van der Waals surface area (Å²) < 4.78 is 31.4. The van der Waals surface area contributed by atoms with Gasteiger partial charge in [0.05, 0.1) is 0 Å². The minimum absolute atomic E-state index is 0.750. The van der Waals surface area contributed by atoms with Gasteiger partial charge in [0.2, 0.25) is 0 Å². The molecule has 0 bridgehead atoms. The van der Waals surface area contributed by atoms with Gasteiger partial charge in [-0.3, -0.25) is 0 Å². The highest BCUT2D eigenvalue weighted by molar-refractivity contribution is 7.85. The molecule has 0 fully saturated rings. The Morgan fingerprint density at radius 3 is 1.44 bits per heavy atom. The van der Waals surface area contributed by atoms with Crippen molar-refractivity contribution >= 4 is 68.3 Å². The second-order valence-electron chi connectivity index (χ2n) is 10.3. The first-order valence-corrected chi connectivity index (χ1v) is 18.0. The SMILES string of the molecule is O=P(C1=Cc2c(sc3ccc(P(=O)(c4ccccc4)c4ccccc4)cc23)CC1)(c1ccccc1)c1ccccc1. The van der Waals surface area contributed by atoms with Gasteiger partial charge in [0, 0.05) is 41.5 Å². The van der Waals surface area contributed by atoms with Crippen LogP contribution in [0.25, 0.3) is 16.2 Å². The number of rotatable bonds is 6. The molecule has 0 atom stereocenters. The Kier molecular flexibility index (Phi) is 6.76. The smallest absolute Gasteiger partial charge is 0.171 e. The van der Waals surface area contributed by atoms with Crippen LogP contribution in [0, 0.1) is 0 Å². The fourth-order valence-corrected chi connectivity index (χ4v) is 12.6. The summed E-state index contributed by atoms with van der Waals surface area (Å²) in [6.07, 6.45) is 3.77. The Morgan fingerprint density at radius 2 is 0.951 bits per heavy atom. The molecule has 6 aromatic rings. The maximum Gasteiger partial charge on any atom is 0.171 e. The molecular weight excluding hydrogens is 558 g/mol. The lowest BCUT2D eigenvalue weighted by Gasteiger charge is -2.25. The van der Waals surface area contributed by atoms with E-state index in [0.717, 1.165) is 60.3 Å². The summed E-state index contributed by atoms with van der Waals surface area (Å²) in [5.41, 5.74) is 1.12. The van der Waals surface area contributed by atoms with Crippen molar-refractivity contribution in [1.29, 1.82) is 0 Å². The van der Waals surface area contributed by atoms with E-state index in [4.69, 9.17) is 0 Å². The molecule has 41 heavy (non-hydrogen) atoms. The van der Waals surface area contributed by atoms with E-state index in [1.54, 1.807) is 11.3 Å². The molecule has 0 unspecified atom stereocenters. The summed E-state index contributed by atoms with van der Waals surface area (Å²) in [5, 5.41) is 6.24. The minimum atomic E-state index is -3.11. The molecule has 0 amide bonds. The zero-order chi connectivity index (χ0) is 27.9. The van der Waals surface area contributed by atoms with Crippen molar-refractivity contribution < 1.29 is 9.13 Å². The van der Waals surface area contributed by atoms with Gasteiger partial charge in [-0.25, -0.2) is 0 Å². The van der Waals surface area contributed by atoms with Gasteiger partial charge in [-0.05, 0) is 48.0 Å². The highest BCUT2D eigenvalue weighted by atomic mass is 32.1. The van der Waals surface area contributed by atoms with Gasteiger partial charge in [-0.2, -0.15) is 0 Å². The standard InChI is InChI=1S/C36H28O2P2S/c37-39(27-13-5-1-6-14-27,28-15-7-2-8-16-28)31-21-23-35-33(25-31)34-26-32(22-24-36(34)41-35)40(38,29-17-9-3-10-18-29)30-19-11-4-12-20-30/h1-21,23,25-26H,22,24H2. The Labute approximate surface area is 244 Å². The molecule has 2 nitrogen and oxygen atoms in total. The van der Waals surface area contributed by atoms with E-state index in [0.29, 0.717) is 0 Å². The van der Waals surface area contributed by atoms with E-state index < -0.39 is 14.3 Å². The molecule has 0 saturated carbocycles. The number of fused-ring (bicyclic) bond motifs is 3. The van der Waals surface area contributed by atoms with Crippen LogP contribution in [0.5, 0.6) is 0 Å². The molecule has 1 aromatic heterocycles. The van der Waals surface area contributed by atoms with Crippen LogP contribution < -0.4 is 26.5 Å². The summed E-state index contributed by atoms with van der Waals surface area (Å²) in [7, 11) is -6.14. The van der Waals surface area contributed by atoms with Crippen molar-refractivity contribution in [3.8, 4) is 0 Å². The van der Waals surface area contributed by atoms with Crippen LogP contribution in [0.2, 0.25) is 0 Å². The fraction of sp³-hybridized carbons (Fsp3) is 0.0556. The average molecular weight is 587 g/mol. The van der Waals surface area contributed by atoms with Crippen molar-refractivity contribution in [2.75, 3.05) is 0 Å². The van der Waals surface area contributed by atoms with E-state index in [2.05, 4.69) is 18.2 Å². The Balaban J connectivity index is 1.43. The summed E-state index contributed by atoms with van der Waals surface area (Å²) in [4.78, 5) is 1.29. The van der Waals surface area contributed by atoms with Crippen LogP contribution in [-0.4, -0.2) is 0 Å². The van der Waals surface area contributed by atoms with Crippen LogP contribution in [0.3, 0.4) is 0 Å². The number of hydrogen-bond donors (Lipinski definition) is 0. The molecule has 0 N–H and O–H groups in total. The van der Waals surface area contributed by atoms with Crippen LogP contribution in [-0.2, 0) is 15.6 Å². The van der Waals surface area contributed by atoms with Crippen LogP contribution in [0.15, 0.2) is 145 Å². The van der Waals surface area contributed by atoms with Crippen LogP contribution >= 0.6 is 25.6 Å². The first kappa shape index (κ1) is 26.2. The van der Waals surface area contributed by atoms with E-state index in [1.807, 2.05) is 127 Å². The van der Waals surface area contributed by atoms with Gasteiger partial charge in [0.25, 0.3) is 0 Å². The van der Waals surface area contributed by atoms with Gasteiger partial charge in [-0.1, -0.05) is 121 Å². The Bertz CT molecular complexity index is 1890. The molecule has 5 aromatic carbocycles. The number of aryl methyl sites for hydroxylation is 1. The number of thiophene rings is 1. The van der Waals surface area contributed by atoms with E-state index in [9.17, 15) is 0 Å². The van der Waals surface area contributed by atoms with Gasteiger partial charge >= 0.3 is 0 Å². The zero-order valence-corrected chi connectivity index (χ0v) is 25.0. The molecular formula is C36H28O2P2S. The van der Waals surface area contributed by atoms with Crippen molar-refractivity contribution in [3.05, 3.63) is 155 Å². The lowest BCUT2D eigenvalue weighted by molar-refractivity contribution is 0.589. The maximum absolute atomic E-state index is 15.1. The lowest BCUT2D eigenvalue weighted by atomic mass is 10.0. The topological polar surface area (TPSA) is 34.1 Å². The second-order valence-corrected chi connectivity index (χ2v) is 17.0. The predicted molar refractivity (Wildman–Crippen MR) is 177 cm³/mol. The third-order valence-electron chi connectivity index (χ3n) is 7.95. The maximum atomic E-state index is 15.1. The third-order valence-corrected chi connectivity index (χ3v) is 15.5. The average Bonchev–Trinajstić information content (AvgIpc) is 3.43. The molecule has 0 aliphatic heterocycles. The first-order valence-electron chi connectivity index (χ1n) is 13.8. The lowest BCUT2D eigenvalue weighted by Crippen LogP contribution is -2.24. The molecule has 1 aliphatic rings. The van der Waals surface area contributed by atoms with Gasteiger partial charge < -0.3 is 9.13 Å². The molecule has 7 rings (SSSR count). The highest BCUT2D eigenvalue weighted by Crippen LogP contribution is 2.56. The monoisotopic (exact) mass is 586 g/mol. The van der Waals surface area contributed by atoms with Crippen molar-refractivity contribution in [2.24, 2.45) is 0 Å². The van der Waals surface area contributed by atoms with Crippen molar-refractivity contribution in [3.63, 3.8) is 0 Å². The molecule has 0 radical (unpaired) electrons. The van der Waals surface area contributed by atoms with Gasteiger partial charge in [0.1, 0.15) is 0 Å². The number of hydrogen-bond acceptors (Lipinski definition) is 3. The Hall–Kier alpha value is -3.74. The predicted octanol–water partition coefficient (Wildman–Crippen LogP) is 7.84.